The first kappa shape index (κ1) is 16.4. The van der Waals surface area contributed by atoms with Crippen molar-refractivity contribution in [1.82, 2.24) is 15.5 Å². The molecule has 0 spiro atoms. The van der Waals surface area contributed by atoms with Crippen molar-refractivity contribution in [2.24, 2.45) is 0 Å². The molecule has 0 aliphatic carbocycles. The van der Waals surface area contributed by atoms with Crippen LogP contribution in [0.1, 0.15) is 21.1 Å². The number of rotatable bonds is 6. The summed E-state index contributed by atoms with van der Waals surface area (Å²) in [4.78, 5) is 24.0. The molecule has 8 heteroatoms. The molecule has 6 nitrogen and oxygen atoms in total. The molecule has 3 rings (SSSR count). The number of carbonyl (C=O) groups excluding carboxylic acids is 2. The zero-order valence-electron chi connectivity index (χ0n) is 12.5. The van der Waals surface area contributed by atoms with E-state index in [2.05, 4.69) is 15.5 Å². The highest BCUT2D eigenvalue weighted by Gasteiger charge is 2.14. The van der Waals surface area contributed by atoms with E-state index in [0.717, 1.165) is 17.3 Å². The SMILES string of the molecule is O=C(CSc1nnc(Cc2ccccc2)o1)NC(=O)c1cccs1. The van der Waals surface area contributed by atoms with Gasteiger partial charge in [-0.15, -0.1) is 21.5 Å². The van der Waals surface area contributed by atoms with Crippen molar-refractivity contribution < 1.29 is 14.0 Å². The summed E-state index contributed by atoms with van der Waals surface area (Å²) in [6.07, 6.45) is 0.539. The van der Waals surface area contributed by atoms with Crippen molar-refractivity contribution in [3.05, 3.63) is 64.2 Å². The molecule has 2 amide bonds. The molecule has 3 aromatic rings. The highest BCUT2D eigenvalue weighted by Crippen LogP contribution is 2.17. The molecule has 2 aromatic heterocycles. The second-order valence-corrected chi connectivity index (χ2v) is 6.64. The fraction of sp³-hybridized carbons (Fsp3) is 0.125. The minimum atomic E-state index is -0.402. The number of nitrogens with one attached hydrogen (secondary N) is 1. The van der Waals surface area contributed by atoms with Gasteiger partial charge in [-0.2, -0.15) is 0 Å². The van der Waals surface area contributed by atoms with Gasteiger partial charge in [0.2, 0.25) is 11.8 Å². The standard InChI is InChI=1S/C16H13N3O3S2/c20-13(17-15(21)12-7-4-8-23-12)10-24-16-19-18-14(22-16)9-11-5-2-1-3-6-11/h1-8H,9-10H2,(H,17,20,21). The van der Waals surface area contributed by atoms with Crippen LogP contribution in [0.3, 0.4) is 0 Å². The predicted octanol–water partition coefficient (Wildman–Crippen LogP) is 2.77. The molecular formula is C16H13N3O3S2. The molecule has 0 fully saturated rings. The number of hydrogen-bond acceptors (Lipinski definition) is 7. The van der Waals surface area contributed by atoms with Crippen LogP contribution in [0, 0.1) is 0 Å². The number of imide groups is 1. The van der Waals surface area contributed by atoms with Crippen LogP contribution in [-0.4, -0.2) is 27.8 Å². The van der Waals surface area contributed by atoms with Crippen LogP contribution in [0.2, 0.25) is 0 Å². The van der Waals surface area contributed by atoms with E-state index in [-0.39, 0.29) is 5.75 Å². The van der Waals surface area contributed by atoms with Gasteiger partial charge in [-0.25, -0.2) is 0 Å². The summed E-state index contributed by atoms with van der Waals surface area (Å²) < 4.78 is 5.49. The lowest BCUT2D eigenvalue weighted by molar-refractivity contribution is -0.117. The molecule has 0 radical (unpaired) electrons. The number of hydrogen-bond donors (Lipinski definition) is 1. The normalized spacial score (nSPS) is 10.5. The second-order valence-electron chi connectivity index (χ2n) is 4.77. The summed E-state index contributed by atoms with van der Waals surface area (Å²) in [7, 11) is 0. The molecule has 2 heterocycles. The molecule has 24 heavy (non-hydrogen) atoms. The molecule has 0 saturated heterocycles. The third-order valence-electron chi connectivity index (χ3n) is 2.97. The number of carbonyl (C=O) groups is 2. The minimum Gasteiger partial charge on any atom is -0.416 e. The summed E-state index contributed by atoms with van der Waals surface area (Å²) in [5.74, 6) is -0.282. The molecule has 0 saturated carbocycles. The van der Waals surface area contributed by atoms with Crippen LogP contribution >= 0.6 is 23.1 Å². The fourth-order valence-corrected chi connectivity index (χ4v) is 3.10. The molecule has 1 aromatic carbocycles. The number of amides is 2. The van der Waals surface area contributed by atoms with E-state index in [0.29, 0.717) is 22.4 Å². The summed E-state index contributed by atoms with van der Waals surface area (Å²) in [6, 6.07) is 13.2. The predicted molar refractivity (Wildman–Crippen MR) is 91.1 cm³/mol. The fourth-order valence-electron chi connectivity index (χ4n) is 1.90. The van der Waals surface area contributed by atoms with E-state index in [1.54, 1.807) is 17.5 Å². The number of aromatic nitrogens is 2. The average Bonchev–Trinajstić information content (AvgIpc) is 3.26. The van der Waals surface area contributed by atoms with Gasteiger partial charge in [0.15, 0.2) is 0 Å². The first-order valence-corrected chi connectivity index (χ1v) is 8.94. The van der Waals surface area contributed by atoms with E-state index in [1.807, 2.05) is 30.3 Å². The first-order chi connectivity index (χ1) is 11.7. The van der Waals surface area contributed by atoms with E-state index in [4.69, 9.17) is 4.42 Å². The van der Waals surface area contributed by atoms with Gasteiger partial charge in [0.05, 0.1) is 17.1 Å². The molecule has 122 valence electrons. The van der Waals surface area contributed by atoms with Crippen LogP contribution < -0.4 is 5.32 Å². The molecule has 0 aliphatic heterocycles. The minimum absolute atomic E-state index is 0.0318. The molecule has 0 aliphatic rings. The van der Waals surface area contributed by atoms with E-state index in [9.17, 15) is 9.59 Å². The lowest BCUT2D eigenvalue weighted by Crippen LogP contribution is -2.31. The van der Waals surface area contributed by atoms with Crippen LogP contribution in [0.15, 0.2) is 57.5 Å². The van der Waals surface area contributed by atoms with Crippen molar-refractivity contribution in [3.63, 3.8) is 0 Å². The lowest BCUT2D eigenvalue weighted by atomic mass is 10.2. The smallest absolute Gasteiger partial charge is 0.277 e. The summed E-state index contributed by atoms with van der Waals surface area (Å²) >= 11 is 2.38. The van der Waals surface area contributed by atoms with Gasteiger partial charge < -0.3 is 4.42 Å². The van der Waals surface area contributed by atoms with Gasteiger partial charge in [0.1, 0.15) is 0 Å². The molecular weight excluding hydrogens is 346 g/mol. The van der Waals surface area contributed by atoms with Crippen LogP contribution in [0.4, 0.5) is 0 Å². The summed E-state index contributed by atoms with van der Waals surface area (Å²) in [5, 5.41) is 12.3. The number of nitrogens with zero attached hydrogens (tertiary/aromatic N) is 2. The topological polar surface area (TPSA) is 85.1 Å². The summed E-state index contributed by atoms with van der Waals surface area (Å²) in [6.45, 7) is 0. The number of thiophene rings is 1. The van der Waals surface area contributed by atoms with Crippen molar-refractivity contribution in [2.45, 2.75) is 11.6 Å². The Hall–Kier alpha value is -2.45. The molecule has 0 unspecified atom stereocenters. The number of benzene rings is 1. The first-order valence-electron chi connectivity index (χ1n) is 7.07. The van der Waals surface area contributed by atoms with Gasteiger partial charge in [-0.1, -0.05) is 48.2 Å². The zero-order chi connectivity index (χ0) is 16.8. The van der Waals surface area contributed by atoms with Crippen LogP contribution in [0.25, 0.3) is 0 Å². The zero-order valence-corrected chi connectivity index (χ0v) is 14.1. The maximum Gasteiger partial charge on any atom is 0.277 e. The maximum atomic E-state index is 11.8. The Balaban J connectivity index is 1.48. The monoisotopic (exact) mass is 359 g/mol. The largest absolute Gasteiger partial charge is 0.416 e. The second kappa shape index (κ2) is 7.89. The lowest BCUT2D eigenvalue weighted by Gasteiger charge is -2.00. The quantitative estimate of drug-likeness (QED) is 0.681. The highest BCUT2D eigenvalue weighted by molar-refractivity contribution is 7.99. The molecule has 0 bridgehead atoms. The van der Waals surface area contributed by atoms with E-state index >= 15 is 0 Å². The Bertz CT molecular complexity index is 816. The van der Waals surface area contributed by atoms with Crippen molar-refractivity contribution in [3.8, 4) is 0 Å². The van der Waals surface area contributed by atoms with Gasteiger partial charge in [0.25, 0.3) is 11.1 Å². The van der Waals surface area contributed by atoms with Gasteiger partial charge in [-0.3, -0.25) is 14.9 Å². The summed E-state index contributed by atoms with van der Waals surface area (Å²) in [5.41, 5.74) is 1.07. The number of thioether (sulfide) groups is 1. The Labute approximate surface area is 146 Å². The van der Waals surface area contributed by atoms with Gasteiger partial charge in [-0.05, 0) is 17.0 Å². The third-order valence-corrected chi connectivity index (χ3v) is 4.66. The Morgan fingerprint density at radius 3 is 2.71 bits per heavy atom. The van der Waals surface area contributed by atoms with E-state index < -0.39 is 11.8 Å². The Morgan fingerprint density at radius 2 is 1.96 bits per heavy atom. The molecule has 1 N–H and O–H groups in total. The van der Waals surface area contributed by atoms with Crippen molar-refractivity contribution in [1.29, 1.82) is 0 Å². The highest BCUT2D eigenvalue weighted by atomic mass is 32.2. The maximum absolute atomic E-state index is 11.8. The third kappa shape index (κ3) is 4.53. The van der Waals surface area contributed by atoms with Crippen LogP contribution in [-0.2, 0) is 11.2 Å². The Morgan fingerprint density at radius 1 is 1.12 bits per heavy atom. The van der Waals surface area contributed by atoms with Crippen LogP contribution in [0.5, 0.6) is 0 Å². The Kier molecular flexibility index (Phi) is 5.39. The van der Waals surface area contributed by atoms with Crippen molar-refractivity contribution >= 4 is 34.9 Å². The molecule has 0 atom stereocenters. The van der Waals surface area contributed by atoms with Gasteiger partial charge in [0, 0.05) is 0 Å². The average molecular weight is 359 g/mol. The van der Waals surface area contributed by atoms with E-state index in [1.165, 1.54) is 11.3 Å². The van der Waals surface area contributed by atoms with Gasteiger partial charge >= 0.3 is 0 Å². The van der Waals surface area contributed by atoms with Crippen molar-refractivity contribution in [2.75, 3.05) is 5.75 Å².